The SMILES string of the molecule is CC(O)C(N)CN1CCN2C(=O)C1CCCOc1ccccc12. The molecule has 1 aromatic rings. The molecular weight excluding hydrogens is 294 g/mol. The fourth-order valence-corrected chi connectivity index (χ4v) is 3.28. The summed E-state index contributed by atoms with van der Waals surface area (Å²) in [6.07, 6.45) is 0.984. The van der Waals surface area contributed by atoms with E-state index in [1.807, 2.05) is 29.2 Å². The van der Waals surface area contributed by atoms with Gasteiger partial charge in [-0.1, -0.05) is 12.1 Å². The van der Waals surface area contributed by atoms with Crippen LogP contribution in [0.5, 0.6) is 5.75 Å². The van der Waals surface area contributed by atoms with Crippen LogP contribution in [0.25, 0.3) is 0 Å². The van der Waals surface area contributed by atoms with Crippen molar-refractivity contribution in [2.45, 2.75) is 38.0 Å². The number of nitrogens with two attached hydrogens (primary N) is 1. The number of aliphatic hydroxyl groups is 1. The Balaban J connectivity index is 1.84. The van der Waals surface area contributed by atoms with Crippen molar-refractivity contribution in [3.05, 3.63) is 24.3 Å². The molecule has 1 amide bonds. The van der Waals surface area contributed by atoms with Gasteiger partial charge in [0, 0.05) is 25.7 Å². The molecule has 6 heteroatoms. The molecule has 3 unspecified atom stereocenters. The summed E-state index contributed by atoms with van der Waals surface area (Å²) in [6, 6.07) is 7.17. The summed E-state index contributed by atoms with van der Waals surface area (Å²) < 4.78 is 5.84. The molecule has 3 N–H and O–H groups in total. The molecule has 6 nitrogen and oxygen atoms in total. The molecule has 1 saturated heterocycles. The first-order valence-corrected chi connectivity index (χ1v) is 8.29. The number of anilines is 1. The second kappa shape index (κ2) is 6.86. The third kappa shape index (κ3) is 3.34. The second-order valence-electron chi connectivity index (χ2n) is 6.36. The van der Waals surface area contributed by atoms with Gasteiger partial charge in [-0.25, -0.2) is 0 Å². The molecule has 2 bridgehead atoms. The highest BCUT2D eigenvalue weighted by molar-refractivity contribution is 5.99. The van der Waals surface area contributed by atoms with Gasteiger partial charge in [0.1, 0.15) is 5.75 Å². The second-order valence-corrected chi connectivity index (χ2v) is 6.36. The lowest BCUT2D eigenvalue weighted by Gasteiger charge is -2.41. The van der Waals surface area contributed by atoms with Gasteiger partial charge in [0.25, 0.3) is 0 Å². The Morgan fingerprint density at radius 2 is 2.17 bits per heavy atom. The minimum atomic E-state index is -0.580. The van der Waals surface area contributed by atoms with Crippen molar-refractivity contribution in [1.82, 2.24) is 4.90 Å². The van der Waals surface area contributed by atoms with Crippen molar-refractivity contribution in [2.75, 3.05) is 31.1 Å². The van der Waals surface area contributed by atoms with Gasteiger partial charge in [0.15, 0.2) is 0 Å². The Morgan fingerprint density at radius 3 is 2.96 bits per heavy atom. The third-order valence-electron chi connectivity index (χ3n) is 4.70. The number of piperazine rings is 1. The van der Waals surface area contributed by atoms with Crippen LogP contribution in [0.4, 0.5) is 5.69 Å². The molecule has 2 heterocycles. The first-order chi connectivity index (χ1) is 11.1. The van der Waals surface area contributed by atoms with E-state index in [0.29, 0.717) is 19.7 Å². The van der Waals surface area contributed by atoms with Crippen LogP contribution in [0.3, 0.4) is 0 Å². The van der Waals surface area contributed by atoms with Crippen LogP contribution in [-0.4, -0.2) is 60.3 Å². The molecule has 23 heavy (non-hydrogen) atoms. The summed E-state index contributed by atoms with van der Waals surface area (Å²) in [7, 11) is 0. The molecule has 1 fully saturated rings. The van der Waals surface area contributed by atoms with Gasteiger partial charge in [-0.3, -0.25) is 9.69 Å². The highest BCUT2D eigenvalue weighted by atomic mass is 16.5. The topological polar surface area (TPSA) is 79.0 Å². The minimum Gasteiger partial charge on any atom is -0.491 e. The van der Waals surface area contributed by atoms with Gasteiger partial charge in [-0.2, -0.15) is 0 Å². The number of carbonyl (C=O) groups excluding carboxylic acids is 1. The number of hydrogen-bond acceptors (Lipinski definition) is 5. The molecule has 0 saturated carbocycles. The van der Waals surface area contributed by atoms with Crippen molar-refractivity contribution >= 4 is 11.6 Å². The van der Waals surface area contributed by atoms with E-state index in [2.05, 4.69) is 4.90 Å². The molecule has 1 aromatic carbocycles. The molecule has 2 aliphatic rings. The summed E-state index contributed by atoms with van der Waals surface area (Å²) in [5.74, 6) is 0.877. The van der Waals surface area contributed by atoms with Crippen molar-refractivity contribution in [1.29, 1.82) is 0 Å². The molecule has 0 aromatic heterocycles. The van der Waals surface area contributed by atoms with Crippen LogP contribution in [0.15, 0.2) is 24.3 Å². The van der Waals surface area contributed by atoms with E-state index in [0.717, 1.165) is 30.8 Å². The standard InChI is InChI=1S/C17H25N3O3/c1-12(21)13(18)11-19-8-9-20-14-5-2-3-7-16(14)23-10-4-6-15(19)17(20)22/h2-3,5,7,12-13,15,21H,4,6,8-11,18H2,1H3. The average Bonchev–Trinajstić information content (AvgIpc) is 2.57. The maximum absolute atomic E-state index is 13.0. The molecule has 3 rings (SSSR count). The molecule has 126 valence electrons. The number of fused-ring (bicyclic) bond motifs is 4. The number of benzene rings is 1. The predicted octanol–water partition coefficient (Wildman–Crippen LogP) is 0.585. The Hall–Kier alpha value is -1.63. The largest absolute Gasteiger partial charge is 0.491 e. The number of para-hydroxylation sites is 2. The van der Waals surface area contributed by atoms with Gasteiger partial charge < -0.3 is 20.5 Å². The maximum atomic E-state index is 13.0. The first kappa shape index (κ1) is 16.2. The fraction of sp³-hybridized carbons (Fsp3) is 0.588. The van der Waals surface area contributed by atoms with Crippen LogP contribution in [-0.2, 0) is 4.79 Å². The summed E-state index contributed by atoms with van der Waals surface area (Å²) in [6.45, 7) is 4.19. The Labute approximate surface area is 136 Å². The Morgan fingerprint density at radius 1 is 1.39 bits per heavy atom. The predicted molar refractivity (Wildman–Crippen MR) is 88.5 cm³/mol. The van der Waals surface area contributed by atoms with Crippen molar-refractivity contribution in [2.24, 2.45) is 5.73 Å². The number of rotatable bonds is 3. The van der Waals surface area contributed by atoms with E-state index in [1.165, 1.54) is 0 Å². The molecule has 2 aliphatic heterocycles. The van der Waals surface area contributed by atoms with E-state index in [-0.39, 0.29) is 18.0 Å². The highest BCUT2D eigenvalue weighted by Crippen LogP contribution is 2.32. The van der Waals surface area contributed by atoms with Gasteiger partial charge in [0.05, 0.1) is 24.4 Å². The smallest absolute Gasteiger partial charge is 0.244 e. The van der Waals surface area contributed by atoms with E-state index in [9.17, 15) is 9.90 Å². The zero-order valence-electron chi connectivity index (χ0n) is 13.5. The van der Waals surface area contributed by atoms with Crippen LogP contribution in [0.2, 0.25) is 0 Å². The maximum Gasteiger partial charge on any atom is 0.244 e. The lowest BCUT2D eigenvalue weighted by atomic mass is 10.0. The molecule has 3 atom stereocenters. The van der Waals surface area contributed by atoms with Crippen LogP contribution < -0.4 is 15.4 Å². The fourth-order valence-electron chi connectivity index (χ4n) is 3.28. The molecule has 0 spiro atoms. The van der Waals surface area contributed by atoms with Crippen molar-refractivity contribution < 1.29 is 14.6 Å². The van der Waals surface area contributed by atoms with Crippen LogP contribution >= 0.6 is 0 Å². The number of ether oxygens (including phenoxy) is 1. The lowest BCUT2D eigenvalue weighted by Crippen LogP contribution is -2.60. The van der Waals surface area contributed by atoms with Crippen molar-refractivity contribution in [3.63, 3.8) is 0 Å². The van der Waals surface area contributed by atoms with Crippen molar-refractivity contribution in [3.8, 4) is 5.75 Å². The van der Waals surface area contributed by atoms with Gasteiger partial charge in [-0.05, 0) is 31.9 Å². The molecular formula is C17H25N3O3. The van der Waals surface area contributed by atoms with Crippen LogP contribution in [0, 0.1) is 0 Å². The number of carbonyl (C=O) groups is 1. The molecule has 0 aliphatic carbocycles. The first-order valence-electron chi connectivity index (χ1n) is 8.29. The van der Waals surface area contributed by atoms with Gasteiger partial charge in [0.2, 0.25) is 5.91 Å². The van der Waals surface area contributed by atoms with Gasteiger partial charge in [-0.15, -0.1) is 0 Å². The zero-order chi connectivity index (χ0) is 16.4. The third-order valence-corrected chi connectivity index (χ3v) is 4.70. The summed E-state index contributed by atoms with van der Waals surface area (Å²) in [5, 5.41) is 9.65. The lowest BCUT2D eigenvalue weighted by molar-refractivity contribution is -0.126. The minimum absolute atomic E-state index is 0.104. The monoisotopic (exact) mass is 319 g/mol. The van der Waals surface area contributed by atoms with E-state index < -0.39 is 6.10 Å². The average molecular weight is 319 g/mol. The normalized spacial score (nSPS) is 24.7. The Kier molecular flexibility index (Phi) is 4.84. The number of nitrogens with zero attached hydrogens (tertiary/aromatic N) is 2. The van der Waals surface area contributed by atoms with E-state index in [4.69, 9.17) is 10.5 Å². The summed E-state index contributed by atoms with van der Waals surface area (Å²) in [4.78, 5) is 16.9. The number of aliphatic hydroxyl groups excluding tert-OH is 1. The summed E-state index contributed by atoms with van der Waals surface area (Å²) >= 11 is 0. The highest BCUT2D eigenvalue weighted by Gasteiger charge is 2.37. The summed E-state index contributed by atoms with van der Waals surface area (Å²) in [5.41, 5.74) is 6.85. The van der Waals surface area contributed by atoms with E-state index >= 15 is 0 Å². The van der Waals surface area contributed by atoms with Gasteiger partial charge >= 0.3 is 0 Å². The van der Waals surface area contributed by atoms with Crippen LogP contribution in [0.1, 0.15) is 19.8 Å². The zero-order valence-corrected chi connectivity index (χ0v) is 13.5. The number of amides is 1. The number of hydrogen-bond donors (Lipinski definition) is 2. The molecule has 0 radical (unpaired) electrons. The van der Waals surface area contributed by atoms with E-state index in [1.54, 1.807) is 6.92 Å². The quantitative estimate of drug-likeness (QED) is 0.852. The Bertz CT molecular complexity index is 564.